The molecule has 1 N–H and O–H groups in total. The highest BCUT2D eigenvalue weighted by atomic mass is 19.1. The Morgan fingerprint density at radius 1 is 1.35 bits per heavy atom. The van der Waals surface area contributed by atoms with Crippen molar-refractivity contribution in [1.82, 2.24) is 10.2 Å². The van der Waals surface area contributed by atoms with Gasteiger partial charge in [-0.05, 0) is 38.1 Å². The lowest BCUT2D eigenvalue weighted by molar-refractivity contribution is -0.122. The van der Waals surface area contributed by atoms with Gasteiger partial charge in [0.05, 0.1) is 12.6 Å². The molecule has 0 fully saturated rings. The fraction of sp³-hybridized carbons (Fsp3) is 0.438. The molecule has 1 amide bonds. The van der Waals surface area contributed by atoms with Gasteiger partial charge in [-0.3, -0.25) is 9.69 Å². The van der Waals surface area contributed by atoms with E-state index in [4.69, 9.17) is 0 Å². The van der Waals surface area contributed by atoms with Gasteiger partial charge >= 0.3 is 0 Å². The van der Waals surface area contributed by atoms with Crippen molar-refractivity contribution in [2.24, 2.45) is 0 Å². The Balaban J connectivity index is 2.52. The molecule has 0 aliphatic heterocycles. The van der Waals surface area contributed by atoms with Crippen LogP contribution >= 0.6 is 0 Å². The van der Waals surface area contributed by atoms with Gasteiger partial charge in [0.2, 0.25) is 5.91 Å². The minimum absolute atomic E-state index is 0.0371. The van der Waals surface area contributed by atoms with Gasteiger partial charge in [0.25, 0.3) is 0 Å². The third kappa shape index (κ3) is 5.53. The summed E-state index contributed by atoms with van der Waals surface area (Å²) in [5.74, 6) is -0.309. The first-order valence-electron chi connectivity index (χ1n) is 6.84. The molecule has 0 spiro atoms. The summed E-state index contributed by atoms with van der Waals surface area (Å²) in [5, 5.41) is 2.92. The van der Waals surface area contributed by atoms with E-state index in [1.165, 1.54) is 12.1 Å². The molecular weight excluding hydrogens is 255 g/mol. The molecule has 1 aromatic rings. The topological polar surface area (TPSA) is 32.3 Å². The van der Waals surface area contributed by atoms with Crippen LogP contribution in [0.1, 0.15) is 32.4 Å². The Labute approximate surface area is 120 Å². The van der Waals surface area contributed by atoms with Crippen LogP contribution < -0.4 is 5.32 Å². The summed E-state index contributed by atoms with van der Waals surface area (Å²) in [7, 11) is 0. The number of hydrogen-bond acceptors (Lipinski definition) is 2. The predicted molar refractivity (Wildman–Crippen MR) is 79.9 cm³/mol. The molecule has 1 unspecified atom stereocenters. The molecule has 0 heterocycles. The fourth-order valence-electron chi connectivity index (χ4n) is 1.99. The van der Waals surface area contributed by atoms with Crippen LogP contribution in [0.15, 0.2) is 36.4 Å². The molecule has 0 saturated heterocycles. The van der Waals surface area contributed by atoms with Gasteiger partial charge in [-0.1, -0.05) is 31.2 Å². The third-order valence-corrected chi connectivity index (χ3v) is 3.06. The van der Waals surface area contributed by atoms with Crippen molar-refractivity contribution in [3.8, 4) is 0 Å². The van der Waals surface area contributed by atoms with E-state index in [0.29, 0.717) is 6.54 Å². The summed E-state index contributed by atoms with van der Waals surface area (Å²) in [4.78, 5) is 14.0. The number of carbonyl (C=O) groups excluding carboxylic acids is 1. The molecule has 0 bridgehead atoms. The lowest BCUT2D eigenvalue weighted by atomic mass is 10.1. The molecular formula is C16H23FN2O. The lowest BCUT2D eigenvalue weighted by Crippen LogP contribution is -2.38. The number of rotatable bonds is 7. The highest BCUT2D eigenvalue weighted by molar-refractivity contribution is 5.78. The van der Waals surface area contributed by atoms with Crippen LogP contribution in [-0.4, -0.2) is 30.4 Å². The van der Waals surface area contributed by atoms with Gasteiger partial charge in [-0.15, -0.1) is 0 Å². The van der Waals surface area contributed by atoms with Crippen LogP contribution in [0, 0.1) is 5.82 Å². The van der Waals surface area contributed by atoms with E-state index in [2.05, 4.69) is 11.9 Å². The van der Waals surface area contributed by atoms with Crippen LogP contribution in [0.2, 0.25) is 0 Å². The second-order valence-electron chi connectivity index (χ2n) is 5.10. The maximum absolute atomic E-state index is 12.8. The Hall–Kier alpha value is -1.68. The van der Waals surface area contributed by atoms with Crippen molar-refractivity contribution in [3.63, 3.8) is 0 Å². The summed E-state index contributed by atoms with van der Waals surface area (Å²) in [6, 6.07) is 6.04. The van der Waals surface area contributed by atoms with E-state index in [0.717, 1.165) is 24.2 Å². The van der Waals surface area contributed by atoms with E-state index in [-0.39, 0.29) is 17.8 Å². The van der Waals surface area contributed by atoms with Crippen molar-refractivity contribution in [3.05, 3.63) is 47.8 Å². The Morgan fingerprint density at radius 2 is 1.95 bits per heavy atom. The molecule has 0 radical (unpaired) electrons. The van der Waals surface area contributed by atoms with Crippen molar-refractivity contribution in [2.75, 3.05) is 19.6 Å². The van der Waals surface area contributed by atoms with Gasteiger partial charge in [0.1, 0.15) is 5.82 Å². The Bertz CT molecular complexity index is 456. The molecule has 4 heteroatoms. The molecule has 0 aromatic heterocycles. The maximum Gasteiger partial charge on any atom is 0.234 e. The first-order chi connectivity index (χ1) is 9.42. The number of benzene rings is 1. The fourth-order valence-corrected chi connectivity index (χ4v) is 1.99. The first-order valence-corrected chi connectivity index (χ1v) is 6.84. The summed E-state index contributed by atoms with van der Waals surface area (Å²) >= 11 is 0. The predicted octanol–water partition coefficient (Wildman–Crippen LogP) is 2.90. The first kappa shape index (κ1) is 16.4. The quantitative estimate of drug-likeness (QED) is 0.778. The number of nitrogens with one attached hydrogen (secondary N) is 1. The van der Waals surface area contributed by atoms with E-state index < -0.39 is 0 Å². The van der Waals surface area contributed by atoms with Crippen LogP contribution in [-0.2, 0) is 4.79 Å². The van der Waals surface area contributed by atoms with Gasteiger partial charge in [0, 0.05) is 6.54 Å². The Morgan fingerprint density at radius 3 is 2.45 bits per heavy atom. The smallest absolute Gasteiger partial charge is 0.234 e. The SMILES string of the molecule is C=C(C)CN(CC)CC(=O)NC(C)c1ccc(F)cc1. The standard InChI is InChI=1S/C16H23FN2O/c1-5-19(10-12(2)3)11-16(20)18-13(4)14-6-8-15(17)9-7-14/h6-9,13H,2,5,10-11H2,1,3-4H3,(H,18,20). The Kier molecular flexibility index (Phi) is 6.39. The third-order valence-electron chi connectivity index (χ3n) is 3.06. The number of halogens is 1. The number of carbonyl (C=O) groups is 1. The van der Waals surface area contributed by atoms with Crippen molar-refractivity contribution >= 4 is 5.91 Å². The lowest BCUT2D eigenvalue weighted by Gasteiger charge is -2.21. The minimum atomic E-state index is -0.272. The zero-order valence-electron chi connectivity index (χ0n) is 12.4. The summed E-state index contributed by atoms with van der Waals surface area (Å²) < 4.78 is 12.8. The summed E-state index contributed by atoms with van der Waals surface area (Å²) in [5.41, 5.74) is 1.92. The van der Waals surface area contributed by atoms with Gasteiger partial charge in [-0.25, -0.2) is 4.39 Å². The molecule has 1 rings (SSSR count). The average molecular weight is 278 g/mol. The molecule has 1 atom stereocenters. The van der Waals surface area contributed by atoms with E-state index in [9.17, 15) is 9.18 Å². The monoisotopic (exact) mass is 278 g/mol. The van der Waals surface area contributed by atoms with Crippen molar-refractivity contribution < 1.29 is 9.18 Å². The second-order valence-corrected chi connectivity index (χ2v) is 5.10. The maximum atomic E-state index is 12.8. The highest BCUT2D eigenvalue weighted by Crippen LogP contribution is 2.12. The summed E-state index contributed by atoms with van der Waals surface area (Å²) in [6.45, 7) is 11.6. The van der Waals surface area contributed by atoms with Crippen LogP contribution in [0.25, 0.3) is 0 Å². The molecule has 20 heavy (non-hydrogen) atoms. The van der Waals surface area contributed by atoms with Crippen LogP contribution in [0.5, 0.6) is 0 Å². The van der Waals surface area contributed by atoms with E-state index in [1.54, 1.807) is 12.1 Å². The number of hydrogen-bond donors (Lipinski definition) is 1. The second kappa shape index (κ2) is 7.80. The van der Waals surface area contributed by atoms with Crippen molar-refractivity contribution in [1.29, 1.82) is 0 Å². The van der Waals surface area contributed by atoms with Crippen molar-refractivity contribution in [2.45, 2.75) is 26.8 Å². The number of amides is 1. The number of likely N-dealkylation sites (N-methyl/N-ethyl adjacent to an activating group) is 1. The summed E-state index contributed by atoms with van der Waals surface area (Å²) in [6.07, 6.45) is 0. The zero-order valence-corrected chi connectivity index (χ0v) is 12.4. The highest BCUT2D eigenvalue weighted by Gasteiger charge is 2.13. The molecule has 1 aromatic carbocycles. The molecule has 0 aliphatic carbocycles. The largest absolute Gasteiger partial charge is 0.348 e. The van der Waals surface area contributed by atoms with Gasteiger partial charge < -0.3 is 5.32 Å². The van der Waals surface area contributed by atoms with Crippen LogP contribution in [0.3, 0.4) is 0 Å². The van der Waals surface area contributed by atoms with E-state index in [1.807, 2.05) is 25.7 Å². The number of nitrogens with zero attached hydrogens (tertiary/aromatic N) is 1. The average Bonchev–Trinajstić information content (AvgIpc) is 2.37. The molecule has 3 nitrogen and oxygen atoms in total. The van der Waals surface area contributed by atoms with Gasteiger partial charge in [0.15, 0.2) is 0 Å². The van der Waals surface area contributed by atoms with Crippen LogP contribution in [0.4, 0.5) is 4.39 Å². The molecule has 110 valence electrons. The minimum Gasteiger partial charge on any atom is -0.348 e. The van der Waals surface area contributed by atoms with E-state index >= 15 is 0 Å². The molecule has 0 saturated carbocycles. The molecule has 0 aliphatic rings. The normalized spacial score (nSPS) is 12.2. The van der Waals surface area contributed by atoms with Gasteiger partial charge in [-0.2, -0.15) is 0 Å². The zero-order chi connectivity index (χ0) is 15.1.